The van der Waals surface area contributed by atoms with Gasteiger partial charge in [0.25, 0.3) is 5.91 Å². The van der Waals surface area contributed by atoms with Gasteiger partial charge in [-0.3, -0.25) is 4.79 Å². The molecule has 0 bridgehead atoms. The maximum atomic E-state index is 13.0. The van der Waals surface area contributed by atoms with Crippen LogP contribution < -0.4 is 15.7 Å². The van der Waals surface area contributed by atoms with Gasteiger partial charge in [0, 0.05) is 46.5 Å². The van der Waals surface area contributed by atoms with Crippen LogP contribution in [-0.4, -0.2) is 39.2 Å². The number of carboxylic acids is 1. The van der Waals surface area contributed by atoms with Crippen LogP contribution in [0.3, 0.4) is 0 Å². The van der Waals surface area contributed by atoms with Crippen LogP contribution in [-0.2, 0) is 22.4 Å². The first-order valence-corrected chi connectivity index (χ1v) is 13.2. The minimum Gasteiger partial charge on any atom is -0.508 e. The molecule has 5 aromatic rings. The summed E-state index contributed by atoms with van der Waals surface area (Å²) >= 11 is 0. The highest BCUT2D eigenvalue weighted by molar-refractivity contribution is 5.89. The number of hydrogen-bond donors (Lipinski definition) is 4. The number of benzene rings is 3. The molecule has 2 atom stereocenters. The molecule has 3 aromatic carbocycles. The van der Waals surface area contributed by atoms with Gasteiger partial charge < -0.3 is 29.7 Å². The fourth-order valence-corrected chi connectivity index (χ4v) is 4.99. The number of aromatic amines is 1. The van der Waals surface area contributed by atoms with Crippen molar-refractivity contribution >= 4 is 33.7 Å². The van der Waals surface area contributed by atoms with E-state index in [1.54, 1.807) is 37.4 Å². The monoisotopic (exact) mass is 554 g/mol. The van der Waals surface area contributed by atoms with E-state index in [1.807, 2.05) is 37.3 Å². The van der Waals surface area contributed by atoms with Crippen LogP contribution in [0.4, 0.5) is 0 Å². The first kappa shape index (κ1) is 27.5. The summed E-state index contributed by atoms with van der Waals surface area (Å²) in [5.41, 5.74) is 4.28. The summed E-state index contributed by atoms with van der Waals surface area (Å²) in [5, 5.41) is 23.6. The minimum absolute atomic E-state index is 0.00198. The SMILES string of the molecule is Cc1c(Cc2ccccc2)c(=O)oc2c(C)c(OC(C)C(=O)NC(Cc3c[nH]c4ccc(O)cc34)C(=O)O)ccc12. The molecule has 0 saturated heterocycles. The topological polar surface area (TPSA) is 142 Å². The van der Waals surface area contributed by atoms with Crippen LogP contribution in [0.2, 0.25) is 0 Å². The van der Waals surface area contributed by atoms with E-state index >= 15 is 0 Å². The molecule has 1 amide bonds. The van der Waals surface area contributed by atoms with Crippen molar-refractivity contribution in [2.45, 2.75) is 45.8 Å². The first-order valence-electron chi connectivity index (χ1n) is 13.2. The average molecular weight is 555 g/mol. The fraction of sp³-hybridized carbons (Fsp3) is 0.219. The molecule has 41 heavy (non-hydrogen) atoms. The third kappa shape index (κ3) is 5.65. The molecule has 0 aliphatic carbocycles. The summed E-state index contributed by atoms with van der Waals surface area (Å²) < 4.78 is 11.6. The Balaban J connectivity index is 1.33. The molecule has 4 N–H and O–H groups in total. The van der Waals surface area contributed by atoms with Gasteiger partial charge in [-0.05, 0) is 67.8 Å². The van der Waals surface area contributed by atoms with Crippen molar-refractivity contribution in [3.8, 4) is 11.5 Å². The van der Waals surface area contributed by atoms with Crippen LogP contribution in [0.1, 0.15) is 34.7 Å². The zero-order valence-electron chi connectivity index (χ0n) is 22.9. The van der Waals surface area contributed by atoms with Gasteiger partial charge >= 0.3 is 11.6 Å². The van der Waals surface area contributed by atoms with Crippen molar-refractivity contribution < 1.29 is 29.0 Å². The van der Waals surface area contributed by atoms with E-state index in [2.05, 4.69) is 10.3 Å². The molecule has 0 spiro atoms. The van der Waals surface area contributed by atoms with Gasteiger partial charge in [-0.15, -0.1) is 0 Å². The number of carbonyl (C=O) groups is 2. The molecule has 0 radical (unpaired) electrons. The van der Waals surface area contributed by atoms with Crippen molar-refractivity contribution in [3.63, 3.8) is 0 Å². The predicted octanol–water partition coefficient (Wildman–Crippen LogP) is 4.77. The molecule has 0 aliphatic heterocycles. The van der Waals surface area contributed by atoms with Gasteiger partial charge in [-0.1, -0.05) is 30.3 Å². The summed E-state index contributed by atoms with van der Waals surface area (Å²) in [5.74, 6) is -1.42. The van der Waals surface area contributed by atoms with Gasteiger partial charge in [0.2, 0.25) is 0 Å². The van der Waals surface area contributed by atoms with Crippen LogP contribution in [0, 0.1) is 13.8 Å². The molecule has 2 unspecified atom stereocenters. The average Bonchev–Trinajstić information content (AvgIpc) is 3.34. The number of aromatic nitrogens is 1. The highest BCUT2D eigenvalue weighted by Gasteiger charge is 2.26. The highest BCUT2D eigenvalue weighted by Crippen LogP contribution is 2.31. The Morgan fingerprint density at radius 3 is 2.51 bits per heavy atom. The number of carbonyl (C=O) groups excluding carboxylic acids is 1. The van der Waals surface area contributed by atoms with Gasteiger partial charge in [0.1, 0.15) is 23.1 Å². The molecule has 2 heterocycles. The van der Waals surface area contributed by atoms with Crippen LogP contribution in [0.25, 0.3) is 21.9 Å². The summed E-state index contributed by atoms with van der Waals surface area (Å²) in [6.07, 6.45) is 1.07. The number of phenols is 1. The number of aryl methyl sites for hydroxylation is 2. The number of fused-ring (bicyclic) bond motifs is 2. The second kappa shape index (κ2) is 11.2. The predicted molar refractivity (Wildman–Crippen MR) is 155 cm³/mol. The quantitative estimate of drug-likeness (QED) is 0.192. The Morgan fingerprint density at radius 1 is 1.02 bits per heavy atom. The third-order valence-electron chi connectivity index (χ3n) is 7.34. The lowest BCUT2D eigenvalue weighted by atomic mass is 9.98. The molecule has 9 nitrogen and oxygen atoms in total. The summed E-state index contributed by atoms with van der Waals surface area (Å²) in [7, 11) is 0. The Hall–Kier alpha value is -5.05. The molecule has 0 saturated carbocycles. The zero-order valence-corrected chi connectivity index (χ0v) is 22.9. The second-order valence-corrected chi connectivity index (χ2v) is 10.1. The van der Waals surface area contributed by atoms with Gasteiger partial charge in [0.15, 0.2) is 6.10 Å². The molecule has 0 fully saturated rings. The van der Waals surface area contributed by atoms with Gasteiger partial charge in [-0.2, -0.15) is 0 Å². The lowest BCUT2D eigenvalue weighted by Crippen LogP contribution is -2.47. The van der Waals surface area contributed by atoms with Crippen LogP contribution in [0.5, 0.6) is 11.5 Å². The van der Waals surface area contributed by atoms with E-state index in [0.29, 0.717) is 39.8 Å². The highest BCUT2D eigenvalue weighted by atomic mass is 16.5. The number of H-pyrrole nitrogens is 1. The number of rotatable bonds is 9. The molecule has 5 rings (SSSR count). The summed E-state index contributed by atoms with van der Waals surface area (Å²) in [6, 6.07) is 16.7. The van der Waals surface area contributed by atoms with Gasteiger partial charge in [-0.25, -0.2) is 9.59 Å². The third-order valence-corrected chi connectivity index (χ3v) is 7.34. The number of nitrogens with one attached hydrogen (secondary N) is 2. The zero-order chi connectivity index (χ0) is 29.3. The Morgan fingerprint density at radius 2 is 1.78 bits per heavy atom. The molecular formula is C32H30N2O7. The van der Waals surface area contributed by atoms with Crippen molar-refractivity contribution in [1.29, 1.82) is 0 Å². The van der Waals surface area contributed by atoms with E-state index in [-0.39, 0.29) is 12.2 Å². The van der Waals surface area contributed by atoms with Crippen LogP contribution in [0.15, 0.2) is 76.1 Å². The number of phenolic OH excluding ortho intramolecular Hbond substituents is 1. The Bertz CT molecular complexity index is 1820. The molecule has 210 valence electrons. The number of ether oxygens (including phenoxy) is 1. The largest absolute Gasteiger partial charge is 0.508 e. The maximum absolute atomic E-state index is 13.0. The number of carboxylic acid groups (broad SMARTS) is 1. The van der Waals surface area contributed by atoms with Crippen molar-refractivity contribution in [2.75, 3.05) is 0 Å². The van der Waals surface area contributed by atoms with E-state index in [0.717, 1.165) is 22.0 Å². The second-order valence-electron chi connectivity index (χ2n) is 10.1. The standard InChI is InChI=1S/C32H30N2O7/c1-17-23-10-12-28(18(2)29(23)41-32(39)24(17)13-20-7-5-4-6-8-20)40-19(3)30(36)34-27(31(37)38)14-21-16-33-26-11-9-22(35)15-25(21)26/h4-12,15-16,19,27,33,35H,13-14H2,1-3H3,(H,34,36)(H,37,38). The van der Waals surface area contributed by atoms with E-state index < -0.39 is 29.6 Å². The number of aliphatic carboxylic acids is 1. The van der Waals surface area contributed by atoms with Crippen molar-refractivity contribution in [3.05, 3.63) is 105 Å². The van der Waals surface area contributed by atoms with E-state index in [1.165, 1.54) is 13.0 Å². The first-order chi connectivity index (χ1) is 19.6. The van der Waals surface area contributed by atoms with Gasteiger partial charge in [0.05, 0.1) is 0 Å². The normalized spacial score (nSPS) is 12.8. The smallest absolute Gasteiger partial charge is 0.340 e. The van der Waals surface area contributed by atoms with E-state index in [4.69, 9.17) is 9.15 Å². The Labute approximate surface area is 235 Å². The number of hydrogen-bond acceptors (Lipinski definition) is 6. The fourth-order valence-electron chi connectivity index (χ4n) is 4.99. The Kier molecular flexibility index (Phi) is 7.52. The molecular weight excluding hydrogens is 524 g/mol. The minimum atomic E-state index is -1.23. The van der Waals surface area contributed by atoms with Crippen LogP contribution >= 0.6 is 0 Å². The molecule has 0 aliphatic rings. The number of amides is 1. The summed E-state index contributed by atoms with van der Waals surface area (Å²) in [6.45, 7) is 5.15. The maximum Gasteiger partial charge on any atom is 0.340 e. The van der Waals surface area contributed by atoms with E-state index in [9.17, 15) is 24.6 Å². The lowest BCUT2D eigenvalue weighted by Gasteiger charge is -2.20. The molecule has 9 heteroatoms. The van der Waals surface area contributed by atoms with Crippen molar-refractivity contribution in [2.24, 2.45) is 0 Å². The van der Waals surface area contributed by atoms with Crippen molar-refractivity contribution in [1.82, 2.24) is 10.3 Å². The lowest BCUT2D eigenvalue weighted by molar-refractivity contribution is -0.142. The number of aromatic hydroxyl groups is 1. The summed E-state index contributed by atoms with van der Waals surface area (Å²) in [4.78, 5) is 40.9. The molecule has 2 aromatic heterocycles.